The van der Waals surface area contributed by atoms with Gasteiger partial charge in [0.25, 0.3) is 0 Å². The molecule has 0 aromatic carbocycles. The largest absolute Gasteiger partial charge is 0.397 e. The zero-order chi connectivity index (χ0) is 14.1. The average molecular weight is 273 g/mol. The molecule has 0 aliphatic rings. The van der Waals surface area contributed by atoms with E-state index in [2.05, 4.69) is 18.3 Å². The van der Waals surface area contributed by atoms with E-state index in [1.54, 1.807) is 25.1 Å². The molecule has 0 rings (SSSR count). The van der Waals surface area contributed by atoms with Gasteiger partial charge in [-0.2, -0.15) is 0 Å². The Morgan fingerprint density at radius 1 is 1.44 bits per heavy atom. The summed E-state index contributed by atoms with van der Waals surface area (Å²) in [6.45, 7) is 4.70. The van der Waals surface area contributed by atoms with Crippen molar-refractivity contribution in [1.29, 1.82) is 0 Å². The minimum Gasteiger partial charge on any atom is -0.397 e. The van der Waals surface area contributed by atoms with E-state index in [9.17, 15) is 0 Å². The number of hydrazine groups is 1. The fraction of sp³-hybridized carbons (Fsp3) is 0.538. The maximum Gasteiger partial charge on any atom is 0.0773 e. The summed E-state index contributed by atoms with van der Waals surface area (Å²) in [5.74, 6) is 5.88. The Morgan fingerprint density at radius 3 is 2.44 bits per heavy atom. The Morgan fingerprint density at radius 2 is 2.06 bits per heavy atom. The van der Waals surface area contributed by atoms with Gasteiger partial charge >= 0.3 is 0 Å². The third kappa shape index (κ3) is 6.10. The quantitative estimate of drug-likeness (QED) is 0.377. The van der Waals surface area contributed by atoms with Crippen LogP contribution in [-0.4, -0.2) is 25.6 Å². The summed E-state index contributed by atoms with van der Waals surface area (Å²) in [6, 6.07) is 0. The summed E-state index contributed by atoms with van der Waals surface area (Å²) in [5.41, 5.74) is 8.60. The number of nitrogens with one attached hydrogen (secondary N) is 1. The van der Waals surface area contributed by atoms with Gasteiger partial charge < -0.3 is 16.1 Å². The molecular formula is C13H25ClN4. The fourth-order valence-electron chi connectivity index (χ4n) is 1.71. The Hall–Kier alpha value is -0.970. The van der Waals surface area contributed by atoms with E-state index >= 15 is 0 Å². The van der Waals surface area contributed by atoms with Gasteiger partial charge in [0.2, 0.25) is 0 Å². The standard InChI is InChI=1S/C13H25ClN4/c1-5-6-11(7-8-17-3)13(18(4)16)12(15)9-10(2)14/h7,9,17H,5-6,8,15-16H2,1-4H3/b10-9+,11-7+,13-12+. The SMILES string of the molecule is CCCC(=C\CNC)/C(=C(N)/C=C(\C)Cl)N(C)N. The van der Waals surface area contributed by atoms with E-state index < -0.39 is 0 Å². The molecule has 0 fully saturated rings. The molecule has 0 saturated carbocycles. The lowest BCUT2D eigenvalue weighted by Gasteiger charge is -2.21. The summed E-state index contributed by atoms with van der Waals surface area (Å²) >= 11 is 5.86. The first-order chi connectivity index (χ1) is 8.43. The summed E-state index contributed by atoms with van der Waals surface area (Å²) in [7, 11) is 3.68. The highest BCUT2D eigenvalue weighted by molar-refractivity contribution is 6.29. The molecule has 5 heteroatoms. The lowest BCUT2D eigenvalue weighted by atomic mass is 10.0. The van der Waals surface area contributed by atoms with Crippen LogP contribution in [0.4, 0.5) is 0 Å². The van der Waals surface area contributed by atoms with Crippen molar-refractivity contribution in [1.82, 2.24) is 10.3 Å². The molecular weight excluding hydrogens is 248 g/mol. The third-order valence-corrected chi connectivity index (χ3v) is 2.47. The lowest BCUT2D eigenvalue weighted by molar-refractivity contribution is 0.440. The Bertz CT molecular complexity index is 339. The van der Waals surface area contributed by atoms with Gasteiger partial charge in [0.1, 0.15) is 0 Å². The number of hydrogen-bond donors (Lipinski definition) is 3. The van der Waals surface area contributed by atoms with Crippen LogP contribution in [0.25, 0.3) is 0 Å². The molecule has 4 nitrogen and oxygen atoms in total. The number of nitrogens with zero attached hydrogens (tertiary/aromatic N) is 1. The smallest absolute Gasteiger partial charge is 0.0773 e. The Kier molecular flexibility index (Phi) is 8.54. The van der Waals surface area contributed by atoms with Crippen molar-refractivity contribution in [3.05, 3.63) is 34.2 Å². The second kappa shape index (κ2) is 9.03. The van der Waals surface area contributed by atoms with Crippen LogP contribution in [0.2, 0.25) is 0 Å². The van der Waals surface area contributed by atoms with E-state index in [0.29, 0.717) is 10.7 Å². The summed E-state index contributed by atoms with van der Waals surface area (Å²) in [4.78, 5) is 0. The number of hydrogen-bond acceptors (Lipinski definition) is 4. The zero-order valence-electron chi connectivity index (χ0n) is 11.8. The maximum absolute atomic E-state index is 6.06. The van der Waals surface area contributed by atoms with Gasteiger partial charge in [0, 0.05) is 18.6 Å². The van der Waals surface area contributed by atoms with Gasteiger partial charge in [-0.1, -0.05) is 31.0 Å². The molecule has 0 bridgehead atoms. The number of nitrogens with two attached hydrogens (primary N) is 2. The minimum atomic E-state index is 0.586. The van der Waals surface area contributed by atoms with Crippen LogP contribution in [-0.2, 0) is 0 Å². The van der Waals surface area contributed by atoms with Crippen molar-refractivity contribution in [2.45, 2.75) is 26.7 Å². The highest BCUT2D eigenvalue weighted by Gasteiger charge is 2.11. The van der Waals surface area contributed by atoms with Crippen molar-refractivity contribution in [3.63, 3.8) is 0 Å². The highest BCUT2D eigenvalue weighted by atomic mass is 35.5. The van der Waals surface area contributed by atoms with Crippen LogP contribution in [0.5, 0.6) is 0 Å². The molecule has 0 saturated heterocycles. The van der Waals surface area contributed by atoms with Crippen LogP contribution < -0.4 is 16.9 Å². The van der Waals surface area contributed by atoms with Gasteiger partial charge in [0.05, 0.1) is 11.4 Å². The van der Waals surface area contributed by atoms with Crippen molar-refractivity contribution in [2.24, 2.45) is 11.6 Å². The molecule has 0 aliphatic heterocycles. The molecule has 0 heterocycles. The molecule has 0 aliphatic carbocycles. The third-order valence-electron chi connectivity index (χ3n) is 2.36. The molecule has 0 aromatic heterocycles. The predicted octanol–water partition coefficient (Wildman–Crippen LogP) is 2.05. The first kappa shape index (κ1) is 17.0. The average Bonchev–Trinajstić information content (AvgIpc) is 2.24. The van der Waals surface area contributed by atoms with E-state index in [0.717, 1.165) is 30.7 Å². The highest BCUT2D eigenvalue weighted by Crippen LogP contribution is 2.20. The topological polar surface area (TPSA) is 67.3 Å². The minimum absolute atomic E-state index is 0.586. The molecule has 0 amide bonds. The molecule has 0 unspecified atom stereocenters. The molecule has 0 spiro atoms. The maximum atomic E-state index is 6.06. The van der Waals surface area contributed by atoms with Gasteiger partial charge in [-0.15, -0.1) is 0 Å². The van der Waals surface area contributed by atoms with Crippen molar-refractivity contribution in [2.75, 3.05) is 20.6 Å². The predicted molar refractivity (Wildman–Crippen MR) is 79.7 cm³/mol. The monoisotopic (exact) mass is 272 g/mol. The fourth-order valence-corrected chi connectivity index (χ4v) is 1.83. The normalized spacial score (nSPS) is 14.6. The van der Waals surface area contributed by atoms with Crippen molar-refractivity contribution in [3.8, 4) is 0 Å². The van der Waals surface area contributed by atoms with E-state index in [1.165, 1.54) is 0 Å². The molecule has 104 valence electrons. The van der Waals surface area contributed by atoms with Crippen molar-refractivity contribution >= 4 is 11.6 Å². The Balaban J connectivity index is 5.47. The van der Waals surface area contributed by atoms with Crippen LogP contribution in [0.3, 0.4) is 0 Å². The van der Waals surface area contributed by atoms with Gasteiger partial charge in [-0.05, 0) is 32.0 Å². The van der Waals surface area contributed by atoms with E-state index in [1.807, 2.05) is 7.05 Å². The summed E-state index contributed by atoms with van der Waals surface area (Å²) in [5, 5.41) is 5.27. The summed E-state index contributed by atoms with van der Waals surface area (Å²) < 4.78 is 0. The number of allylic oxidation sites excluding steroid dienone is 3. The Labute approximate surface area is 115 Å². The summed E-state index contributed by atoms with van der Waals surface area (Å²) in [6.07, 6.45) is 5.79. The lowest BCUT2D eigenvalue weighted by Crippen LogP contribution is -2.29. The first-order valence-corrected chi connectivity index (χ1v) is 6.47. The van der Waals surface area contributed by atoms with E-state index in [-0.39, 0.29) is 0 Å². The van der Waals surface area contributed by atoms with Crippen molar-refractivity contribution < 1.29 is 0 Å². The number of likely N-dealkylation sites (N-methyl/N-ethyl adjacent to an activating group) is 2. The molecule has 5 N–H and O–H groups in total. The van der Waals surface area contributed by atoms with Gasteiger partial charge in [-0.25, -0.2) is 5.84 Å². The van der Waals surface area contributed by atoms with Gasteiger partial charge in [0.15, 0.2) is 0 Å². The van der Waals surface area contributed by atoms with Gasteiger partial charge in [-0.3, -0.25) is 0 Å². The van der Waals surface area contributed by atoms with Crippen LogP contribution in [0, 0.1) is 0 Å². The zero-order valence-corrected chi connectivity index (χ0v) is 12.5. The molecule has 18 heavy (non-hydrogen) atoms. The number of halogens is 1. The first-order valence-electron chi connectivity index (χ1n) is 6.10. The second-order valence-corrected chi connectivity index (χ2v) is 4.78. The van der Waals surface area contributed by atoms with Crippen LogP contribution >= 0.6 is 11.6 Å². The van der Waals surface area contributed by atoms with Crippen LogP contribution in [0.15, 0.2) is 34.2 Å². The molecule has 0 aromatic rings. The van der Waals surface area contributed by atoms with Crippen LogP contribution in [0.1, 0.15) is 26.7 Å². The molecule has 0 atom stereocenters. The number of rotatable bonds is 7. The molecule has 0 radical (unpaired) electrons. The second-order valence-electron chi connectivity index (χ2n) is 4.18. The van der Waals surface area contributed by atoms with E-state index in [4.69, 9.17) is 23.2 Å².